The van der Waals surface area contributed by atoms with Crippen LogP contribution in [0.3, 0.4) is 0 Å². The summed E-state index contributed by atoms with van der Waals surface area (Å²) in [6.45, 7) is 2.00. The van der Waals surface area contributed by atoms with Gasteiger partial charge in [0.1, 0.15) is 0 Å². The Morgan fingerprint density at radius 2 is 2.18 bits per heavy atom. The molecule has 0 fully saturated rings. The third-order valence-electron chi connectivity index (χ3n) is 1.25. The van der Waals surface area contributed by atoms with E-state index in [1.807, 2.05) is 19.0 Å². The largest absolute Gasteiger partial charge is 0.355 e. The molecule has 0 unspecified atom stereocenters. The van der Waals surface area contributed by atoms with Crippen molar-refractivity contribution in [2.75, 3.05) is 33.7 Å². The maximum absolute atomic E-state index is 10.8. The lowest BCUT2D eigenvalue weighted by Gasteiger charge is -2.09. The summed E-state index contributed by atoms with van der Waals surface area (Å²) in [6, 6.07) is 0. The highest BCUT2D eigenvalue weighted by atomic mass is 16.1. The second kappa shape index (κ2) is 6.12. The van der Waals surface area contributed by atoms with Gasteiger partial charge in [-0.05, 0) is 14.1 Å². The van der Waals surface area contributed by atoms with Crippen LogP contribution in [0, 0.1) is 0 Å². The van der Waals surface area contributed by atoms with E-state index in [1.54, 1.807) is 0 Å². The van der Waals surface area contributed by atoms with Gasteiger partial charge in [-0.2, -0.15) is 0 Å². The Morgan fingerprint density at radius 3 is 2.64 bits per heavy atom. The lowest BCUT2D eigenvalue weighted by molar-refractivity contribution is -0.120. The fourth-order valence-electron chi connectivity index (χ4n) is 0.638. The highest BCUT2D eigenvalue weighted by Crippen LogP contribution is 1.75. The smallest absolute Gasteiger partial charge is 0.221 e. The molecule has 0 aromatic rings. The van der Waals surface area contributed by atoms with E-state index in [1.165, 1.54) is 0 Å². The number of nitrogens with one attached hydrogen (secondary N) is 1. The van der Waals surface area contributed by atoms with Crippen LogP contribution in [0.25, 0.3) is 0 Å². The molecule has 0 aliphatic carbocycles. The Morgan fingerprint density at radius 1 is 1.55 bits per heavy atom. The molecule has 4 heteroatoms. The van der Waals surface area contributed by atoms with Crippen LogP contribution in [0.2, 0.25) is 0 Å². The number of rotatable bonds is 5. The zero-order valence-corrected chi connectivity index (χ0v) is 7.26. The zero-order valence-electron chi connectivity index (χ0n) is 7.26. The molecule has 66 valence electrons. The molecule has 0 atom stereocenters. The molecule has 3 N–H and O–H groups in total. The average Bonchev–Trinajstić information content (AvgIpc) is 1.87. The first-order valence-corrected chi connectivity index (χ1v) is 3.78. The van der Waals surface area contributed by atoms with E-state index >= 15 is 0 Å². The molecule has 0 saturated heterocycles. The van der Waals surface area contributed by atoms with E-state index in [4.69, 9.17) is 5.73 Å². The van der Waals surface area contributed by atoms with Gasteiger partial charge in [0.25, 0.3) is 0 Å². The van der Waals surface area contributed by atoms with E-state index < -0.39 is 0 Å². The highest BCUT2D eigenvalue weighted by Gasteiger charge is 1.97. The summed E-state index contributed by atoms with van der Waals surface area (Å²) in [7, 11) is 3.93. The minimum atomic E-state index is 0.0364. The molecule has 0 aliphatic heterocycles. The standard InChI is InChI=1S/C7H17N3O/c1-10(2)6-5-9-7(11)3-4-8/h3-6,8H2,1-2H3,(H,9,11). The first-order chi connectivity index (χ1) is 5.16. The van der Waals surface area contributed by atoms with Gasteiger partial charge in [-0.15, -0.1) is 0 Å². The molecule has 0 rings (SSSR count). The van der Waals surface area contributed by atoms with Crippen LogP contribution < -0.4 is 11.1 Å². The molecule has 0 aromatic carbocycles. The molecular weight excluding hydrogens is 142 g/mol. The summed E-state index contributed by atoms with van der Waals surface area (Å²) in [5, 5.41) is 2.75. The van der Waals surface area contributed by atoms with Crippen LogP contribution in [0.5, 0.6) is 0 Å². The third-order valence-corrected chi connectivity index (χ3v) is 1.25. The molecule has 0 radical (unpaired) electrons. The maximum Gasteiger partial charge on any atom is 0.221 e. The third kappa shape index (κ3) is 7.29. The zero-order chi connectivity index (χ0) is 8.69. The summed E-state index contributed by atoms with van der Waals surface area (Å²) in [4.78, 5) is 12.8. The van der Waals surface area contributed by atoms with Crippen molar-refractivity contribution < 1.29 is 4.79 Å². The van der Waals surface area contributed by atoms with Gasteiger partial charge < -0.3 is 16.0 Å². The predicted octanol–water partition coefficient (Wildman–Crippen LogP) is -0.987. The lowest BCUT2D eigenvalue weighted by atomic mass is 10.4. The van der Waals surface area contributed by atoms with Crippen LogP contribution >= 0.6 is 0 Å². The minimum Gasteiger partial charge on any atom is -0.355 e. The second-order valence-corrected chi connectivity index (χ2v) is 2.69. The molecule has 0 aliphatic rings. The summed E-state index contributed by atoms with van der Waals surface area (Å²) in [5.74, 6) is 0.0364. The molecule has 1 amide bonds. The van der Waals surface area contributed by atoms with Gasteiger partial charge in [0, 0.05) is 26.1 Å². The van der Waals surface area contributed by atoms with Crippen molar-refractivity contribution >= 4 is 5.91 Å². The number of likely N-dealkylation sites (N-methyl/N-ethyl adjacent to an activating group) is 1. The quantitative estimate of drug-likeness (QED) is 0.541. The van der Waals surface area contributed by atoms with Crippen LogP contribution in [-0.4, -0.2) is 44.5 Å². The van der Waals surface area contributed by atoms with E-state index in [2.05, 4.69) is 5.32 Å². The topological polar surface area (TPSA) is 58.4 Å². The number of amides is 1. The number of nitrogens with two attached hydrogens (primary N) is 1. The van der Waals surface area contributed by atoms with E-state index in [0.29, 0.717) is 19.5 Å². The van der Waals surface area contributed by atoms with Gasteiger partial charge in [-0.3, -0.25) is 4.79 Å². The molecule has 0 heterocycles. The van der Waals surface area contributed by atoms with Gasteiger partial charge in [-0.25, -0.2) is 0 Å². The van der Waals surface area contributed by atoms with E-state index in [-0.39, 0.29) is 5.91 Å². The molecular formula is C7H17N3O. The van der Waals surface area contributed by atoms with Gasteiger partial charge in [-0.1, -0.05) is 0 Å². The van der Waals surface area contributed by atoms with Crippen molar-refractivity contribution in [2.24, 2.45) is 5.73 Å². The fourth-order valence-corrected chi connectivity index (χ4v) is 0.638. The Balaban J connectivity index is 3.17. The SMILES string of the molecule is CN(C)CCNC(=O)CCN. The van der Waals surface area contributed by atoms with Crippen molar-refractivity contribution in [2.45, 2.75) is 6.42 Å². The number of carbonyl (C=O) groups is 1. The minimum absolute atomic E-state index is 0.0364. The number of nitrogens with zero attached hydrogens (tertiary/aromatic N) is 1. The summed E-state index contributed by atoms with van der Waals surface area (Å²) in [6.07, 6.45) is 0.424. The van der Waals surface area contributed by atoms with Gasteiger partial charge in [0.2, 0.25) is 5.91 Å². The van der Waals surface area contributed by atoms with Crippen LogP contribution in [0.1, 0.15) is 6.42 Å². The van der Waals surface area contributed by atoms with Crippen LogP contribution in [-0.2, 0) is 4.79 Å². The van der Waals surface area contributed by atoms with Crippen molar-refractivity contribution in [1.29, 1.82) is 0 Å². The van der Waals surface area contributed by atoms with Crippen molar-refractivity contribution in [3.05, 3.63) is 0 Å². The Hall–Kier alpha value is -0.610. The first kappa shape index (κ1) is 10.4. The average molecular weight is 159 g/mol. The Kier molecular flexibility index (Phi) is 5.78. The van der Waals surface area contributed by atoms with Gasteiger partial charge in [0.05, 0.1) is 0 Å². The van der Waals surface area contributed by atoms with Crippen molar-refractivity contribution in [3.8, 4) is 0 Å². The summed E-state index contributed by atoms with van der Waals surface area (Å²) in [5.41, 5.74) is 5.19. The number of carbonyl (C=O) groups excluding carboxylic acids is 1. The van der Waals surface area contributed by atoms with Crippen LogP contribution in [0.4, 0.5) is 0 Å². The number of hydrogen-bond acceptors (Lipinski definition) is 3. The van der Waals surface area contributed by atoms with E-state index in [0.717, 1.165) is 6.54 Å². The Labute approximate surface area is 67.7 Å². The molecule has 11 heavy (non-hydrogen) atoms. The second-order valence-electron chi connectivity index (χ2n) is 2.69. The van der Waals surface area contributed by atoms with Crippen molar-refractivity contribution in [3.63, 3.8) is 0 Å². The highest BCUT2D eigenvalue weighted by molar-refractivity contribution is 5.75. The predicted molar refractivity (Wildman–Crippen MR) is 45.2 cm³/mol. The molecule has 0 bridgehead atoms. The van der Waals surface area contributed by atoms with Crippen LogP contribution in [0.15, 0.2) is 0 Å². The molecule has 0 spiro atoms. The first-order valence-electron chi connectivity index (χ1n) is 3.78. The number of hydrogen-bond donors (Lipinski definition) is 2. The summed E-state index contributed by atoms with van der Waals surface area (Å²) >= 11 is 0. The maximum atomic E-state index is 10.8. The van der Waals surface area contributed by atoms with Crippen molar-refractivity contribution in [1.82, 2.24) is 10.2 Å². The molecule has 4 nitrogen and oxygen atoms in total. The monoisotopic (exact) mass is 159 g/mol. The normalized spacial score (nSPS) is 10.2. The molecule has 0 saturated carbocycles. The van der Waals surface area contributed by atoms with E-state index in [9.17, 15) is 4.79 Å². The van der Waals surface area contributed by atoms with Gasteiger partial charge in [0.15, 0.2) is 0 Å². The fraction of sp³-hybridized carbons (Fsp3) is 0.857. The molecule has 0 aromatic heterocycles. The lowest BCUT2D eigenvalue weighted by Crippen LogP contribution is -2.32. The van der Waals surface area contributed by atoms with Gasteiger partial charge >= 0.3 is 0 Å². The summed E-state index contributed by atoms with van der Waals surface area (Å²) < 4.78 is 0. The Bertz CT molecular complexity index is 114.